The number of halogens is 1. The maximum Gasteiger partial charge on any atom is 0.123 e. The average molecular weight is 308 g/mol. The van der Waals surface area contributed by atoms with E-state index in [1.165, 1.54) is 44.1 Å². The van der Waals surface area contributed by atoms with Crippen LogP contribution in [0.3, 0.4) is 0 Å². The van der Waals surface area contributed by atoms with Gasteiger partial charge in [0.25, 0.3) is 0 Å². The van der Waals surface area contributed by atoms with Gasteiger partial charge in [-0.1, -0.05) is 30.9 Å². The third kappa shape index (κ3) is 4.14. The zero-order valence-corrected chi connectivity index (χ0v) is 13.5. The van der Waals surface area contributed by atoms with E-state index in [-0.39, 0.29) is 0 Å². The van der Waals surface area contributed by atoms with Crippen LogP contribution in [0.4, 0.5) is 0 Å². The van der Waals surface area contributed by atoms with Crippen molar-refractivity contribution in [1.29, 1.82) is 0 Å². The predicted molar refractivity (Wildman–Crippen MR) is 88.4 cm³/mol. The van der Waals surface area contributed by atoms with Crippen molar-refractivity contribution in [2.45, 2.75) is 63.4 Å². The van der Waals surface area contributed by atoms with Crippen LogP contribution in [0.5, 0.6) is 5.75 Å². The van der Waals surface area contributed by atoms with Crippen molar-refractivity contribution < 1.29 is 4.74 Å². The third-order valence-corrected chi connectivity index (χ3v) is 5.07. The number of hydrogen-bond acceptors (Lipinski definition) is 2. The molecule has 2 nitrogen and oxygen atoms in total. The average Bonchev–Trinajstić information content (AvgIpc) is 2.79. The molecule has 2 fully saturated rings. The second-order valence-electron chi connectivity index (χ2n) is 6.44. The Balaban J connectivity index is 1.76. The van der Waals surface area contributed by atoms with Crippen molar-refractivity contribution in [3.8, 4) is 5.75 Å². The molecular weight excluding hydrogens is 282 g/mol. The van der Waals surface area contributed by atoms with E-state index in [2.05, 4.69) is 17.4 Å². The highest BCUT2D eigenvalue weighted by Gasteiger charge is 2.22. The van der Waals surface area contributed by atoms with Crippen molar-refractivity contribution in [2.24, 2.45) is 0 Å². The second-order valence-corrected chi connectivity index (χ2v) is 6.87. The molecule has 1 aromatic carbocycles. The molecule has 3 heteroatoms. The Labute approximate surface area is 133 Å². The quantitative estimate of drug-likeness (QED) is 0.857. The molecule has 1 saturated heterocycles. The van der Waals surface area contributed by atoms with Gasteiger partial charge in [0, 0.05) is 5.02 Å². The molecule has 1 aromatic rings. The lowest BCUT2D eigenvalue weighted by Crippen LogP contribution is -2.20. The van der Waals surface area contributed by atoms with Gasteiger partial charge in [-0.15, -0.1) is 0 Å². The number of nitrogens with one attached hydrogen (secondary N) is 1. The summed E-state index contributed by atoms with van der Waals surface area (Å²) in [7, 11) is 0. The molecule has 1 aliphatic heterocycles. The molecule has 0 radical (unpaired) electrons. The SMILES string of the molecule is Clc1ccc(OC2CCCNCC2)c(C2CCCCC2)c1. The molecule has 1 unspecified atom stereocenters. The summed E-state index contributed by atoms with van der Waals surface area (Å²) in [4.78, 5) is 0. The first-order valence-corrected chi connectivity index (χ1v) is 8.87. The maximum atomic E-state index is 6.38. The first kappa shape index (κ1) is 15.2. The Kier molecular flexibility index (Phi) is 5.43. The second kappa shape index (κ2) is 7.51. The molecular formula is C18H26ClNO. The van der Waals surface area contributed by atoms with E-state index in [4.69, 9.17) is 16.3 Å². The number of benzene rings is 1. The Bertz CT molecular complexity index is 449. The summed E-state index contributed by atoms with van der Waals surface area (Å²) in [5.41, 5.74) is 1.35. The topological polar surface area (TPSA) is 21.3 Å². The third-order valence-electron chi connectivity index (χ3n) is 4.83. The summed E-state index contributed by atoms with van der Waals surface area (Å²) in [6.45, 7) is 2.19. The van der Waals surface area contributed by atoms with Crippen LogP contribution < -0.4 is 10.1 Å². The summed E-state index contributed by atoms with van der Waals surface area (Å²) in [6, 6.07) is 6.20. The van der Waals surface area contributed by atoms with Gasteiger partial charge in [0.1, 0.15) is 5.75 Å². The zero-order valence-electron chi connectivity index (χ0n) is 12.7. The van der Waals surface area contributed by atoms with Gasteiger partial charge in [0.15, 0.2) is 0 Å². The summed E-state index contributed by atoms with van der Waals surface area (Å²) < 4.78 is 6.38. The van der Waals surface area contributed by atoms with Crippen LogP contribution in [-0.2, 0) is 0 Å². The first-order chi connectivity index (χ1) is 10.3. The number of rotatable bonds is 3. The van der Waals surface area contributed by atoms with Crippen molar-refractivity contribution in [2.75, 3.05) is 13.1 Å². The minimum absolute atomic E-state index is 0.350. The predicted octanol–water partition coefficient (Wildman–Crippen LogP) is 4.91. The van der Waals surface area contributed by atoms with E-state index in [9.17, 15) is 0 Å². The molecule has 1 atom stereocenters. The molecule has 1 heterocycles. The van der Waals surface area contributed by atoms with E-state index in [0.29, 0.717) is 12.0 Å². The van der Waals surface area contributed by atoms with E-state index >= 15 is 0 Å². The number of ether oxygens (including phenoxy) is 1. The molecule has 116 valence electrons. The van der Waals surface area contributed by atoms with Crippen LogP contribution >= 0.6 is 11.6 Å². The highest BCUT2D eigenvalue weighted by Crippen LogP contribution is 2.39. The van der Waals surface area contributed by atoms with Crippen molar-refractivity contribution in [3.63, 3.8) is 0 Å². The Morgan fingerprint density at radius 1 is 0.952 bits per heavy atom. The summed E-state index contributed by atoms with van der Waals surface area (Å²) in [5.74, 6) is 1.72. The highest BCUT2D eigenvalue weighted by atomic mass is 35.5. The zero-order chi connectivity index (χ0) is 14.5. The van der Waals surface area contributed by atoms with Crippen LogP contribution in [0, 0.1) is 0 Å². The van der Waals surface area contributed by atoms with Crippen molar-refractivity contribution in [3.05, 3.63) is 28.8 Å². The van der Waals surface area contributed by atoms with Crippen LogP contribution in [-0.4, -0.2) is 19.2 Å². The molecule has 0 amide bonds. The monoisotopic (exact) mass is 307 g/mol. The minimum Gasteiger partial charge on any atom is -0.490 e. The standard InChI is InChI=1S/C18H26ClNO/c19-15-8-9-18(21-16-7-4-11-20-12-10-16)17(13-15)14-5-2-1-3-6-14/h8-9,13-14,16,20H,1-7,10-12H2. The summed E-state index contributed by atoms with van der Waals surface area (Å²) in [6.07, 6.45) is 10.4. The Morgan fingerprint density at radius 2 is 1.81 bits per heavy atom. The van der Waals surface area contributed by atoms with Gasteiger partial charge < -0.3 is 10.1 Å². The van der Waals surface area contributed by atoms with Crippen molar-refractivity contribution >= 4 is 11.6 Å². The molecule has 21 heavy (non-hydrogen) atoms. The van der Waals surface area contributed by atoms with E-state index in [1.54, 1.807) is 0 Å². The number of hydrogen-bond donors (Lipinski definition) is 1. The molecule has 0 aromatic heterocycles. The lowest BCUT2D eigenvalue weighted by Gasteiger charge is -2.26. The molecule has 1 aliphatic carbocycles. The fraction of sp³-hybridized carbons (Fsp3) is 0.667. The Hall–Kier alpha value is -0.730. The molecule has 1 saturated carbocycles. The lowest BCUT2D eigenvalue weighted by molar-refractivity contribution is 0.184. The lowest BCUT2D eigenvalue weighted by atomic mass is 9.83. The Morgan fingerprint density at radius 3 is 2.67 bits per heavy atom. The van der Waals surface area contributed by atoms with Crippen LogP contribution in [0.15, 0.2) is 18.2 Å². The van der Waals surface area contributed by atoms with Gasteiger partial charge in [-0.25, -0.2) is 0 Å². The van der Waals surface area contributed by atoms with Gasteiger partial charge >= 0.3 is 0 Å². The maximum absolute atomic E-state index is 6.38. The fourth-order valence-corrected chi connectivity index (χ4v) is 3.82. The normalized spacial score (nSPS) is 24.5. The van der Waals surface area contributed by atoms with E-state index in [0.717, 1.165) is 36.7 Å². The van der Waals surface area contributed by atoms with E-state index in [1.807, 2.05) is 6.07 Å². The fourth-order valence-electron chi connectivity index (χ4n) is 3.64. The largest absolute Gasteiger partial charge is 0.490 e. The summed E-state index contributed by atoms with van der Waals surface area (Å²) in [5, 5.41) is 4.29. The van der Waals surface area contributed by atoms with Gasteiger partial charge in [0.2, 0.25) is 0 Å². The van der Waals surface area contributed by atoms with Gasteiger partial charge in [0.05, 0.1) is 6.10 Å². The molecule has 0 bridgehead atoms. The first-order valence-electron chi connectivity index (χ1n) is 8.50. The highest BCUT2D eigenvalue weighted by molar-refractivity contribution is 6.30. The molecule has 3 rings (SSSR count). The minimum atomic E-state index is 0.350. The summed E-state index contributed by atoms with van der Waals surface area (Å²) >= 11 is 6.24. The van der Waals surface area contributed by atoms with Crippen LogP contribution in [0.2, 0.25) is 5.02 Å². The van der Waals surface area contributed by atoms with Crippen molar-refractivity contribution in [1.82, 2.24) is 5.32 Å². The molecule has 2 aliphatic rings. The van der Waals surface area contributed by atoms with Crippen LogP contribution in [0.1, 0.15) is 62.8 Å². The van der Waals surface area contributed by atoms with Gasteiger partial charge in [-0.05, 0) is 74.9 Å². The molecule has 1 N–H and O–H groups in total. The van der Waals surface area contributed by atoms with Crippen LogP contribution in [0.25, 0.3) is 0 Å². The van der Waals surface area contributed by atoms with E-state index < -0.39 is 0 Å². The van der Waals surface area contributed by atoms with Gasteiger partial charge in [-0.2, -0.15) is 0 Å². The molecule has 0 spiro atoms. The van der Waals surface area contributed by atoms with Gasteiger partial charge in [-0.3, -0.25) is 0 Å². The smallest absolute Gasteiger partial charge is 0.123 e.